The largest absolute Gasteiger partial charge is 0.492 e. The van der Waals surface area contributed by atoms with Crippen LogP contribution in [-0.4, -0.2) is 29.2 Å². The van der Waals surface area contributed by atoms with Crippen LogP contribution in [0.5, 0.6) is 5.75 Å². The molecule has 0 unspecified atom stereocenters. The number of imide groups is 1. The van der Waals surface area contributed by atoms with Crippen molar-refractivity contribution in [2.75, 3.05) is 6.61 Å². The van der Waals surface area contributed by atoms with Crippen LogP contribution in [0.3, 0.4) is 0 Å². The molecular formula is C24H26N2O4. The minimum Gasteiger partial charge on any atom is -0.492 e. The molecule has 1 fully saturated rings. The molecule has 6 nitrogen and oxygen atoms in total. The zero-order chi connectivity index (χ0) is 21.3. The van der Waals surface area contributed by atoms with Crippen molar-refractivity contribution in [2.24, 2.45) is 11.7 Å². The lowest BCUT2D eigenvalue weighted by Crippen LogP contribution is -2.32. The number of primary amides is 1. The fourth-order valence-corrected chi connectivity index (χ4v) is 4.40. The van der Waals surface area contributed by atoms with Gasteiger partial charge in [-0.15, -0.1) is 0 Å². The summed E-state index contributed by atoms with van der Waals surface area (Å²) >= 11 is 0. The molecule has 2 aromatic rings. The van der Waals surface area contributed by atoms with E-state index in [0.717, 1.165) is 12.8 Å². The number of nitrogens with zero attached hydrogens (tertiary/aromatic N) is 1. The van der Waals surface area contributed by atoms with E-state index in [1.165, 1.54) is 24.2 Å². The normalized spacial score (nSPS) is 17.7. The number of hydrogen-bond acceptors (Lipinski definition) is 4. The van der Waals surface area contributed by atoms with Crippen molar-refractivity contribution in [3.8, 4) is 5.75 Å². The monoisotopic (exact) mass is 406 g/mol. The second-order valence-corrected chi connectivity index (χ2v) is 8.14. The molecule has 1 aliphatic heterocycles. The molecule has 30 heavy (non-hydrogen) atoms. The lowest BCUT2D eigenvalue weighted by Gasteiger charge is -2.25. The van der Waals surface area contributed by atoms with Gasteiger partial charge in [0, 0.05) is 0 Å². The second-order valence-electron chi connectivity index (χ2n) is 8.14. The smallest absolute Gasteiger partial charge is 0.262 e. The van der Waals surface area contributed by atoms with E-state index in [1.54, 1.807) is 49.4 Å². The zero-order valence-electron chi connectivity index (χ0n) is 17.1. The Kier molecular flexibility index (Phi) is 5.57. The van der Waals surface area contributed by atoms with Crippen molar-refractivity contribution in [1.82, 2.24) is 4.90 Å². The maximum Gasteiger partial charge on any atom is 0.262 e. The van der Waals surface area contributed by atoms with Crippen LogP contribution < -0.4 is 10.5 Å². The van der Waals surface area contributed by atoms with Gasteiger partial charge in [0.05, 0.1) is 29.3 Å². The summed E-state index contributed by atoms with van der Waals surface area (Å²) in [5.74, 6) is -0.310. The van der Waals surface area contributed by atoms with Crippen LogP contribution in [0, 0.1) is 5.92 Å². The van der Waals surface area contributed by atoms with Gasteiger partial charge in [-0.1, -0.05) is 37.5 Å². The predicted molar refractivity (Wildman–Crippen MR) is 112 cm³/mol. The minimum atomic E-state index is -0.593. The molecule has 156 valence electrons. The molecule has 3 amide bonds. The highest BCUT2D eigenvalue weighted by Gasteiger charge is 2.38. The summed E-state index contributed by atoms with van der Waals surface area (Å²) < 4.78 is 5.94. The van der Waals surface area contributed by atoms with Crippen LogP contribution >= 0.6 is 0 Å². The lowest BCUT2D eigenvalue weighted by molar-refractivity contribution is 0.0595. The highest BCUT2D eigenvalue weighted by atomic mass is 16.5. The molecule has 4 rings (SSSR count). The SMILES string of the molecule is C[C@@H](c1ccc(OCC2CCCCC2)c(C(N)=O)c1)N1C(=O)c2ccccc2C1=O. The molecular weight excluding hydrogens is 380 g/mol. The number of hydrogen-bond donors (Lipinski definition) is 1. The van der Waals surface area contributed by atoms with Gasteiger partial charge in [-0.2, -0.15) is 0 Å². The van der Waals surface area contributed by atoms with Gasteiger partial charge in [0.1, 0.15) is 5.75 Å². The second kappa shape index (κ2) is 8.30. The van der Waals surface area contributed by atoms with Gasteiger partial charge in [-0.3, -0.25) is 19.3 Å². The van der Waals surface area contributed by atoms with Gasteiger partial charge >= 0.3 is 0 Å². The molecule has 2 aliphatic rings. The highest BCUT2D eigenvalue weighted by molar-refractivity contribution is 6.21. The zero-order valence-corrected chi connectivity index (χ0v) is 17.1. The number of rotatable bonds is 6. The quantitative estimate of drug-likeness (QED) is 0.731. The van der Waals surface area contributed by atoms with E-state index in [9.17, 15) is 14.4 Å². The third-order valence-corrected chi connectivity index (χ3v) is 6.16. The number of carbonyl (C=O) groups is 3. The summed E-state index contributed by atoms with van der Waals surface area (Å²) in [6.45, 7) is 2.33. The molecule has 2 aromatic carbocycles. The Labute approximate surface area is 176 Å². The Morgan fingerprint density at radius 3 is 2.30 bits per heavy atom. The van der Waals surface area contributed by atoms with E-state index in [-0.39, 0.29) is 17.4 Å². The lowest BCUT2D eigenvalue weighted by atomic mass is 9.90. The molecule has 6 heteroatoms. The fraction of sp³-hybridized carbons (Fsp3) is 0.375. The number of amides is 3. The van der Waals surface area contributed by atoms with Gasteiger partial charge in [0.2, 0.25) is 0 Å². The van der Waals surface area contributed by atoms with Gasteiger partial charge in [-0.05, 0) is 55.5 Å². The first-order chi connectivity index (χ1) is 14.5. The summed E-state index contributed by atoms with van der Waals surface area (Å²) in [5.41, 5.74) is 7.33. The van der Waals surface area contributed by atoms with E-state index in [1.807, 2.05) is 0 Å². The summed E-state index contributed by atoms with van der Waals surface area (Å²) in [6.07, 6.45) is 5.98. The van der Waals surface area contributed by atoms with E-state index in [2.05, 4.69) is 0 Å². The average Bonchev–Trinajstić information content (AvgIpc) is 3.02. The van der Waals surface area contributed by atoms with Crippen molar-refractivity contribution < 1.29 is 19.1 Å². The van der Waals surface area contributed by atoms with E-state index < -0.39 is 11.9 Å². The van der Waals surface area contributed by atoms with Gasteiger partial charge in [-0.25, -0.2) is 0 Å². The molecule has 0 spiro atoms. The standard InChI is InChI=1S/C24H26N2O4/c1-15(26-23(28)18-9-5-6-10-19(18)24(26)29)17-11-12-21(20(13-17)22(25)27)30-14-16-7-3-2-4-8-16/h5-6,9-13,15-16H,2-4,7-8,14H2,1H3,(H2,25,27)/t15-/m0/s1. The third kappa shape index (κ3) is 3.70. The summed E-state index contributed by atoms with van der Waals surface area (Å²) in [6, 6.07) is 11.4. The third-order valence-electron chi connectivity index (χ3n) is 6.16. The molecule has 0 bridgehead atoms. The molecule has 1 atom stereocenters. The number of ether oxygens (including phenoxy) is 1. The summed E-state index contributed by atoms with van der Waals surface area (Å²) in [7, 11) is 0. The number of carbonyl (C=O) groups excluding carboxylic acids is 3. The summed E-state index contributed by atoms with van der Waals surface area (Å²) in [5, 5.41) is 0. The van der Waals surface area contributed by atoms with Crippen molar-refractivity contribution >= 4 is 17.7 Å². The van der Waals surface area contributed by atoms with Crippen LogP contribution in [0.4, 0.5) is 0 Å². The number of benzene rings is 2. The van der Waals surface area contributed by atoms with Crippen LogP contribution in [0.15, 0.2) is 42.5 Å². The van der Waals surface area contributed by atoms with Crippen molar-refractivity contribution in [3.63, 3.8) is 0 Å². The molecule has 1 saturated carbocycles. The van der Waals surface area contributed by atoms with E-state index in [4.69, 9.17) is 10.5 Å². The Bertz CT molecular complexity index is 959. The Balaban J connectivity index is 1.56. The maximum absolute atomic E-state index is 12.8. The maximum atomic E-state index is 12.8. The minimum absolute atomic E-state index is 0.270. The van der Waals surface area contributed by atoms with Crippen molar-refractivity contribution in [2.45, 2.75) is 45.1 Å². The first-order valence-electron chi connectivity index (χ1n) is 10.5. The van der Waals surface area contributed by atoms with Gasteiger partial charge < -0.3 is 10.5 Å². The molecule has 0 radical (unpaired) electrons. The Morgan fingerprint density at radius 1 is 1.07 bits per heavy atom. The Morgan fingerprint density at radius 2 is 1.70 bits per heavy atom. The van der Waals surface area contributed by atoms with Crippen molar-refractivity contribution in [1.29, 1.82) is 0 Å². The molecule has 0 aromatic heterocycles. The molecule has 0 saturated heterocycles. The van der Waals surface area contributed by atoms with Gasteiger partial charge in [0.15, 0.2) is 0 Å². The van der Waals surface area contributed by atoms with Crippen LogP contribution in [0.25, 0.3) is 0 Å². The first-order valence-corrected chi connectivity index (χ1v) is 10.5. The molecule has 1 heterocycles. The topological polar surface area (TPSA) is 89.7 Å². The van der Waals surface area contributed by atoms with Gasteiger partial charge in [0.25, 0.3) is 17.7 Å². The van der Waals surface area contributed by atoms with E-state index in [0.29, 0.717) is 35.0 Å². The number of fused-ring (bicyclic) bond motifs is 1. The van der Waals surface area contributed by atoms with Crippen molar-refractivity contribution in [3.05, 3.63) is 64.7 Å². The number of nitrogens with two attached hydrogens (primary N) is 1. The average molecular weight is 406 g/mol. The highest BCUT2D eigenvalue weighted by Crippen LogP contribution is 2.33. The fourth-order valence-electron chi connectivity index (χ4n) is 4.40. The Hall–Kier alpha value is -3.15. The molecule has 1 aliphatic carbocycles. The summed E-state index contributed by atoms with van der Waals surface area (Å²) in [4.78, 5) is 38.8. The predicted octanol–water partition coefficient (Wildman–Crippen LogP) is 4.10. The van der Waals surface area contributed by atoms with Crippen LogP contribution in [-0.2, 0) is 0 Å². The van der Waals surface area contributed by atoms with Crippen LogP contribution in [0.2, 0.25) is 0 Å². The van der Waals surface area contributed by atoms with E-state index >= 15 is 0 Å². The first kappa shape index (κ1) is 20.1. The molecule has 2 N–H and O–H groups in total. The van der Waals surface area contributed by atoms with Crippen LogP contribution in [0.1, 0.15) is 81.7 Å².